The van der Waals surface area contributed by atoms with Crippen molar-refractivity contribution in [3.05, 3.63) is 0 Å². The normalized spacial score (nSPS) is 19.4. The van der Waals surface area contributed by atoms with Crippen LogP contribution in [-0.4, -0.2) is 177 Å². The predicted octanol–water partition coefficient (Wildman–Crippen LogP) is -6.88. The fraction of sp³-hybridized carbons (Fsp3) is 1.00. The minimum atomic E-state index is -1.36. The second-order valence-corrected chi connectivity index (χ2v) is 6.66. The first-order chi connectivity index (χ1) is 15.5. The van der Waals surface area contributed by atoms with Crippen molar-refractivity contribution in [1.29, 1.82) is 0 Å². The van der Waals surface area contributed by atoms with Crippen LogP contribution in [0.4, 0.5) is 0 Å². The van der Waals surface area contributed by atoms with Gasteiger partial charge in [-0.1, -0.05) is 0 Å². The molecule has 0 heterocycles. The van der Waals surface area contributed by atoms with E-state index in [0.717, 1.165) is 0 Å². The van der Waals surface area contributed by atoms with E-state index < -0.39 is 88.0 Å². The third-order valence-corrected chi connectivity index (χ3v) is 4.16. The van der Waals surface area contributed by atoms with Crippen LogP contribution in [0.2, 0.25) is 0 Å². The quantitative estimate of drug-likeness (QED) is 0.0999. The highest BCUT2D eigenvalue weighted by Crippen LogP contribution is 2.04. The minimum Gasteiger partial charge on any atom is -0.394 e. The Bertz CT molecular complexity index is 391. The molecule has 0 aromatic carbocycles. The van der Waals surface area contributed by atoms with Crippen LogP contribution in [0.1, 0.15) is 0 Å². The molecule has 0 radical (unpaired) electrons. The molecule has 0 saturated heterocycles. The molecule has 0 aliphatic carbocycles. The number of aliphatic hydroxyl groups excluding tert-OH is 12. The second-order valence-electron chi connectivity index (χ2n) is 6.66. The zero-order valence-corrected chi connectivity index (χ0v) is 19.0. The highest BCUT2D eigenvalue weighted by Gasteiger charge is 2.26. The van der Waals surface area contributed by atoms with Crippen LogP contribution in [0.15, 0.2) is 0 Å². The molecule has 204 valence electrons. The van der Waals surface area contributed by atoms with Gasteiger partial charge in [0, 0.05) is 21.3 Å². The summed E-state index contributed by atoms with van der Waals surface area (Å²) in [5.41, 5.74) is 0. The first kappa shape index (κ1) is 37.0. The van der Waals surface area contributed by atoms with Crippen molar-refractivity contribution < 1.29 is 75.5 Å². The van der Waals surface area contributed by atoms with E-state index in [1.165, 1.54) is 21.3 Å². The third kappa shape index (κ3) is 16.6. The fourth-order valence-electron chi connectivity index (χ4n) is 2.09. The molecule has 0 fully saturated rings. The standard InChI is InChI=1S/3C6H14O5/c1-11-3-5(9)6(10)4(8)2-7;1-11-5(3-8)6(10)4(9)2-7;1-11-6(4(9)2-7)5(10)3-8/h3*4-10H,2-3H2,1H3/t2*4-,5+,6+;4-,5+,6?/m00./s1. The molecule has 0 aromatic rings. The van der Waals surface area contributed by atoms with Crippen LogP contribution in [0.5, 0.6) is 0 Å². The van der Waals surface area contributed by atoms with Crippen molar-refractivity contribution in [2.24, 2.45) is 0 Å². The van der Waals surface area contributed by atoms with E-state index in [1.54, 1.807) is 0 Å². The highest BCUT2D eigenvalue weighted by molar-refractivity contribution is 4.76. The predicted molar refractivity (Wildman–Crippen MR) is 111 cm³/mol. The lowest BCUT2D eigenvalue weighted by Crippen LogP contribution is -2.42. The van der Waals surface area contributed by atoms with Gasteiger partial charge in [0.15, 0.2) is 0 Å². The van der Waals surface area contributed by atoms with Gasteiger partial charge in [0.2, 0.25) is 0 Å². The van der Waals surface area contributed by atoms with Crippen LogP contribution in [0, 0.1) is 0 Å². The Morgan fingerprint density at radius 3 is 1.15 bits per heavy atom. The molecule has 15 heteroatoms. The molecule has 0 rings (SSSR count). The molecule has 15 nitrogen and oxygen atoms in total. The molecule has 1 unspecified atom stereocenters. The molecule has 9 atom stereocenters. The summed E-state index contributed by atoms with van der Waals surface area (Å²) in [6.45, 7) is -2.61. The van der Waals surface area contributed by atoms with Crippen molar-refractivity contribution in [3.63, 3.8) is 0 Å². The van der Waals surface area contributed by atoms with Gasteiger partial charge in [0.05, 0.1) is 39.6 Å². The van der Waals surface area contributed by atoms with Crippen molar-refractivity contribution in [1.82, 2.24) is 0 Å². The summed E-state index contributed by atoms with van der Waals surface area (Å²) in [5.74, 6) is 0. The Morgan fingerprint density at radius 2 is 0.879 bits per heavy atom. The van der Waals surface area contributed by atoms with Gasteiger partial charge in [0.25, 0.3) is 0 Å². The fourth-order valence-corrected chi connectivity index (χ4v) is 2.09. The average Bonchev–Trinajstić information content (AvgIpc) is 2.83. The molecule has 0 saturated carbocycles. The number of aliphatic hydroxyl groups is 12. The van der Waals surface area contributed by atoms with E-state index in [1.807, 2.05) is 0 Å². The SMILES string of the molecule is COC([C@H](O)CO)[C@@H](O)CO.COC[C@@H](O)[C@H](O)[C@@H](O)CO.CO[C@H](CO)[C@H](O)[C@@H](O)CO. The maximum atomic E-state index is 9.08. The molecule has 12 N–H and O–H groups in total. The molecule has 0 bridgehead atoms. The molecule has 0 amide bonds. The van der Waals surface area contributed by atoms with Crippen LogP contribution in [-0.2, 0) is 14.2 Å². The zero-order chi connectivity index (χ0) is 26.6. The minimum absolute atomic E-state index is 0.0712. The second kappa shape index (κ2) is 23.2. The molecule has 0 spiro atoms. The molecule has 0 aromatic heterocycles. The summed E-state index contributed by atoms with van der Waals surface area (Å²) >= 11 is 0. The Hall–Kier alpha value is -0.600. The summed E-state index contributed by atoms with van der Waals surface area (Å²) in [4.78, 5) is 0. The van der Waals surface area contributed by atoms with Gasteiger partial charge in [-0.3, -0.25) is 0 Å². The van der Waals surface area contributed by atoms with Crippen molar-refractivity contribution >= 4 is 0 Å². The van der Waals surface area contributed by atoms with E-state index in [4.69, 9.17) is 61.3 Å². The number of hydrogen-bond acceptors (Lipinski definition) is 15. The maximum Gasteiger partial charge on any atom is 0.113 e. The number of hydrogen-bond donors (Lipinski definition) is 12. The van der Waals surface area contributed by atoms with E-state index >= 15 is 0 Å². The molecular formula is C18H42O15. The number of rotatable bonds is 15. The third-order valence-electron chi connectivity index (χ3n) is 4.16. The van der Waals surface area contributed by atoms with Crippen LogP contribution in [0.25, 0.3) is 0 Å². The van der Waals surface area contributed by atoms with Crippen molar-refractivity contribution in [3.8, 4) is 0 Å². The first-order valence-electron chi connectivity index (χ1n) is 9.82. The summed E-state index contributed by atoms with van der Waals surface area (Å²) < 4.78 is 13.8. The molecular weight excluding hydrogens is 456 g/mol. The van der Waals surface area contributed by atoms with Crippen LogP contribution < -0.4 is 0 Å². The van der Waals surface area contributed by atoms with Gasteiger partial charge in [0.1, 0.15) is 54.9 Å². The smallest absolute Gasteiger partial charge is 0.113 e. The molecule has 0 aliphatic heterocycles. The zero-order valence-electron chi connectivity index (χ0n) is 19.0. The summed E-state index contributed by atoms with van der Waals surface area (Å²) in [5, 5.41) is 105. The van der Waals surface area contributed by atoms with Gasteiger partial charge >= 0.3 is 0 Å². The van der Waals surface area contributed by atoms with Gasteiger partial charge < -0.3 is 75.5 Å². The number of methoxy groups -OCH3 is 3. The Labute approximate surface area is 192 Å². The average molecular weight is 499 g/mol. The monoisotopic (exact) mass is 498 g/mol. The summed E-state index contributed by atoms with van der Waals surface area (Å²) in [6, 6.07) is 0. The van der Waals surface area contributed by atoms with Gasteiger partial charge in [-0.2, -0.15) is 0 Å². The topological polar surface area (TPSA) is 270 Å². The lowest BCUT2D eigenvalue weighted by atomic mass is 10.1. The van der Waals surface area contributed by atoms with E-state index in [-0.39, 0.29) is 6.61 Å². The van der Waals surface area contributed by atoms with Crippen LogP contribution in [0.3, 0.4) is 0 Å². The van der Waals surface area contributed by atoms with E-state index in [2.05, 4.69) is 14.2 Å². The first-order valence-corrected chi connectivity index (χ1v) is 9.82. The van der Waals surface area contributed by atoms with Gasteiger partial charge in [-0.05, 0) is 0 Å². The van der Waals surface area contributed by atoms with E-state index in [9.17, 15) is 0 Å². The lowest BCUT2D eigenvalue weighted by molar-refractivity contribution is -0.108. The molecule has 33 heavy (non-hydrogen) atoms. The Morgan fingerprint density at radius 1 is 0.485 bits per heavy atom. The highest BCUT2D eigenvalue weighted by atomic mass is 16.5. The van der Waals surface area contributed by atoms with Crippen molar-refractivity contribution in [2.75, 3.05) is 61.0 Å². The number of ether oxygens (including phenoxy) is 3. The summed E-state index contributed by atoms with van der Waals surface area (Å²) in [6.07, 6.45) is -10.5. The largest absolute Gasteiger partial charge is 0.394 e. The Kier molecular flexibility index (Phi) is 25.9. The van der Waals surface area contributed by atoms with Crippen LogP contribution >= 0.6 is 0 Å². The van der Waals surface area contributed by atoms with Gasteiger partial charge in [-0.15, -0.1) is 0 Å². The van der Waals surface area contributed by atoms with Gasteiger partial charge in [-0.25, -0.2) is 0 Å². The lowest BCUT2D eigenvalue weighted by Gasteiger charge is -2.23. The van der Waals surface area contributed by atoms with E-state index in [0.29, 0.717) is 0 Å². The maximum absolute atomic E-state index is 9.08. The summed E-state index contributed by atoms with van der Waals surface area (Å²) in [7, 11) is 3.94. The molecule has 0 aliphatic rings. The van der Waals surface area contributed by atoms with Crippen molar-refractivity contribution in [2.45, 2.75) is 54.9 Å². The Balaban J connectivity index is -0.000000409.